The van der Waals surface area contributed by atoms with Crippen LogP contribution in [0.3, 0.4) is 0 Å². The van der Waals surface area contributed by atoms with Gasteiger partial charge in [-0.05, 0) is 41.5 Å². The van der Waals surface area contributed by atoms with Gasteiger partial charge in [0.1, 0.15) is 5.60 Å². The number of hydrogen-bond donors (Lipinski definition) is 0. The van der Waals surface area contributed by atoms with E-state index < -0.39 is 19.4 Å². The summed E-state index contributed by atoms with van der Waals surface area (Å²) in [5.74, 6) is -0.408. The van der Waals surface area contributed by atoms with Crippen LogP contribution in [0.25, 0.3) is 0 Å². The molecule has 100 valence electrons. The highest BCUT2D eigenvalue weighted by Gasteiger charge is 2.26. The zero-order chi connectivity index (χ0) is 13.7. The summed E-state index contributed by atoms with van der Waals surface area (Å²) in [6.07, 6.45) is 0.367. The van der Waals surface area contributed by atoms with Crippen molar-refractivity contribution >= 4 is 13.8 Å². The van der Waals surface area contributed by atoms with Crippen molar-refractivity contribution in [2.45, 2.75) is 52.7 Å². The SMILES string of the molecule is CC(C)(C)OCC[P+](=O)CC(=O)OC(C)(C)C. The number of hydrogen-bond acceptors (Lipinski definition) is 4. The van der Waals surface area contributed by atoms with Gasteiger partial charge in [0.25, 0.3) is 0 Å². The normalized spacial score (nSPS) is 13.4. The molecule has 0 amide bonds. The Balaban J connectivity index is 3.84. The van der Waals surface area contributed by atoms with Crippen LogP contribution in [0.1, 0.15) is 41.5 Å². The molecule has 1 unspecified atom stereocenters. The fourth-order valence-corrected chi connectivity index (χ4v) is 1.86. The maximum Gasteiger partial charge on any atom is 0.355 e. The summed E-state index contributed by atoms with van der Waals surface area (Å²) < 4.78 is 22.1. The van der Waals surface area contributed by atoms with Crippen LogP contribution in [0.5, 0.6) is 0 Å². The van der Waals surface area contributed by atoms with Gasteiger partial charge in [0.05, 0.1) is 12.2 Å². The van der Waals surface area contributed by atoms with Crippen molar-refractivity contribution < 1.29 is 18.8 Å². The van der Waals surface area contributed by atoms with E-state index in [2.05, 4.69) is 0 Å². The average Bonchev–Trinajstić information content (AvgIpc) is 1.96. The Hall–Kier alpha value is -0.470. The van der Waals surface area contributed by atoms with E-state index in [1.807, 2.05) is 20.8 Å². The van der Waals surface area contributed by atoms with E-state index in [1.54, 1.807) is 20.8 Å². The lowest BCUT2D eigenvalue weighted by Crippen LogP contribution is -2.25. The number of carbonyl (C=O) groups excluding carboxylic acids is 1. The second-order valence-electron chi connectivity index (χ2n) is 5.91. The molecule has 5 heteroatoms. The molecule has 0 heterocycles. The smallest absolute Gasteiger partial charge is 0.355 e. The number of carbonyl (C=O) groups is 1. The molecule has 0 aliphatic carbocycles. The summed E-state index contributed by atoms with van der Waals surface area (Å²) in [7, 11) is -1.58. The minimum Gasteiger partial charge on any atom is -0.457 e. The molecular formula is C12H24O4P+. The molecule has 0 radical (unpaired) electrons. The third-order valence-corrected chi connectivity index (χ3v) is 2.89. The fourth-order valence-electron chi connectivity index (χ4n) is 1.05. The topological polar surface area (TPSA) is 52.6 Å². The maximum absolute atomic E-state index is 11.6. The quantitative estimate of drug-likeness (QED) is 0.565. The lowest BCUT2D eigenvalue weighted by molar-refractivity contribution is -0.151. The van der Waals surface area contributed by atoms with Crippen molar-refractivity contribution in [3.63, 3.8) is 0 Å². The van der Waals surface area contributed by atoms with Crippen molar-refractivity contribution in [1.29, 1.82) is 0 Å². The lowest BCUT2D eigenvalue weighted by Gasteiger charge is -2.18. The van der Waals surface area contributed by atoms with E-state index in [-0.39, 0.29) is 11.8 Å². The van der Waals surface area contributed by atoms with E-state index in [9.17, 15) is 9.36 Å². The van der Waals surface area contributed by atoms with Gasteiger partial charge in [-0.15, -0.1) is 0 Å². The predicted octanol–water partition coefficient (Wildman–Crippen LogP) is 2.97. The van der Waals surface area contributed by atoms with Gasteiger partial charge in [0.15, 0.2) is 6.16 Å². The molecule has 0 N–H and O–H groups in total. The Morgan fingerprint density at radius 3 is 2.00 bits per heavy atom. The first-order valence-electron chi connectivity index (χ1n) is 5.77. The number of esters is 1. The highest BCUT2D eigenvalue weighted by molar-refractivity contribution is 7.45. The minimum absolute atomic E-state index is 0.0277. The van der Waals surface area contributed by atoms with Gasteiger partial charge < -0.3 is 9.47 Å². The van der Waals surface area contributed by atoms with Crippen molar-refractivity contribution in [3.05, 3.63) is 0 Å². The van der Waals surface area contributed by atoms with Gasteiger partial charge in [-0.25, -0.2) is 4.79 Å². The van der Waals surface area contributed by atoms with Crippen LogP contribution in [0, 0.1) is 0 Å². The van der Waals surface area contributed by atoms with Gasteiger partial charge in [-0.3, -0.25) is 0 Å². The highest BCUT2D eigenvalue weighted by Crippen LogP contribution is 2.22. The highest BCUT2D eigenvalue weighted by atomic mass is 31.1. The Bertz CT molecular complexity index is 273. The molecule has 17 heavy (non-hydrogen) atoms. The number of rotatable bonds is 5. The van der Waals surface area contributed by atoms with Gasteiger partial charge in [-0.2, -0.15) is 0 Å². The standard InChI is InChI=1S/C12H24O4P/c1-11(2,3)15-7-8-17(14)9-10(13)16-12(4,5)6/h7-9H2,1-6H3/q+1. The molecular weight excluding hydrogens is 239 g/mol. The van der Waals surface area contributed by atoms with E-state index in [0.717, 1.165) is 0 Å². The minimum atomic E-state index is -1.58. The third kappa shape index (κ3) is 11.8. The van der Waals surface area contributed by atoms with E-state index in [4.69, 9.17) is 9.47 Å². The van der Waals surface area contributed by atoms with Gasteiger partial charge in [-0.1, -0.05) is 4.57 Å². The first-order chi connectivity index (χ1) is 7.49. The van der Waals surface area contributed by atoms with Crippen molar-refractivity contribution in [1.82, 2.24) is 0 Å². The van der Waals surface area contributed by atoms with Crippen molar-refractivity contribution in [3.8, 4) is 0 Å². The van der Waals surface area contributed by atoms with Crippen molar-refractivity contribution in [2.24, 2.45) is 0 Å². The lowest BCUT2D eigenvalue weighted by atomic mass is 10.2. The Kier molecular flexibility index (Phi) is 6.28. The second kappa shape index (κ2) is 6.46. The van der Waals surface area contributed by atoms with E-state index in [1.165, 1.54) is 0 Å². The Labute approximate surface area is 105 Å². The van der Waals surface area contributed by atoms with Gasteiger partial charge >= 0.3 is 13.8 Å². The molecule has 0 spiro atoms. The van der Waals surface area contributed by atoms with Crippen molar-refractivity contribution in [2.75, 3.05) is 18.9 Å². The molecule has 0 aromatic carbocycles. The maximum atomic E-state index is 11.6. The zero-order valence-electron chi connectivity index (χ0n) is 11.7. The van der Waals surface area contributed by atoms with E-state index in [0.29, 0.717) is 12.8 Å². The van der Waals surface area contributed by atoms with Crippen LogP contribution >= 0.6 is 7.80 Å². The summed E-state index contributed by atoms with van der Waals surface area (Å²) in [5, 5.41) is 0. The summed E-state index contributed by atoms with van der Waals surface area (Å²) >= 11 is 0. The van der Waals surface area contributed by atoms with Crippen LogP contribution in [-0.4, -0.2) is 36.1 Å². The van der Waals surface area contributed by atoms with Crippen LogP contribution in [0.4, 0.5) is 0 Å². The Morgan fingerprint density at radius 1 is 1.06 bits per heavy atom. The van der Waals surface area contributed by atoms with Crippen LogP contribution < -0.4 is 0 Å². The van der Waals surface area contributed by atoms with Gasteiger partial charge in [0, 0.05) is 0 Å². The van der Waals surface area contributed by atoms with Crippen LogP contribution in [0.15, 0.2) is 0 Å². The molecule has 0 aliphatic rings. The van der Waals surface area contributed by atoms with Gasteiger partial charge in [0.2, 0.25) is 6.16 Å². The Morgan fingerprint density at radius 2 is 1.59 bits per heavy atom. The summed E-state index contributed by atoms with van der Waals surface area (Å²) in [4.78, 5) is 11.4. The average molecular weight is 263 g/mol. The number of ether oxygens (including phenoxy) is 2. The molecule has 0 fully saturated rings. The summed E-state index contributed by atoms with van der Waals surface area (Å²) in [5.41, 5.74) is -0.753. The summed E-state index contributed by atoms with van der Waals surface area (Å²) in [6.45, 7) is 11.6. The van der Waals surface area contributed by atoms with Crippen LogP contribution in [0.2, 0.25) is 0 Å². The predicted molar refractivity (Wildman–Crippen MR) is 68.9 cm³/mol. The molecule has 0 rings (SSSR count). The largest absolute Gasteiger partial charge is 0.457 e. The zero-order valence-corrected chi connectivity index (χ0v) is 12.6. The molecule has 0 saturated carbocycles. The molecule has 4 nitrogen and oxygen atoms in total. The second-order valence-corrected chi connectivity index (χ2v) is 7.64. The molecule has 0 aromatic rings. The fraction of sp³-hybridized carbons (Fsp3) is 0.917. The first-order valence-corrected chi connectivity index (χ1v) is 7.40. The molecule has 0 aromatic heterocycles. The monoisotopic (exact) mass is 263 g/mol. The molecule has 0 bridgehead atoms. The van der Waals surface area contributed by atoms with E-state index >= 15 is 0 Å². The molecule has 0 saturated heterocycles. The third-order valence-electron chi connectivity index (χ3n) is 1.60. The molecule has 0 aliphatic heterocycles. The van der Waals surface area contributed by atoms with Crippen LogP contribution in [-0.2, 0) is 18.8 Å². The summed E-state index contributed by atoms with van der Waals surface area (Å²) in [6, 6.07) is 0. The first kappa shape index (κ1) is 16.5. The molecule has 1 atom stereocenters.